The van der Waals surface area contributed by atoms with E-state index in [1.807, 2.05) is 11.8 Å². The van der Waals surface area contributed by atoms with Crippen LogP contribution in [0.4, 0.5) is 0 Å². The fourth-order valence-electron chi connectivity index (χ4n) is 5.63. The number of hydrogen-bond donors (Lipinski definition) is 0. The number of thioether (sulfide) groups is 1. The monoisotopic (exact) mass is 379 g/mol. The maximum atomic E-state index is 2.56. The second-order valence-electron chi connectivity index (χ2n) is 8.08. The van der Waals surface area contributed by atoms with Crippen molar-refractivity contribution in [1.29, 1.82) is 0 Å². The van der Waals surface area contributed by atoms with Crippen molar-refractivity contribution in [1.82, 2.24) is 4.57 Å². The Morgan fingerprint density at radius 2 is 1.71 bits per heavy atom. The maximum Gasteiger partial charge on any atom is 0.201 e. The first-order valence-electron chi connectivity index (χ1n) is 9.84. The van der Waals surface area contributed by atoms with Crippen molar-refractivity contribution in [2.24, 2.45) is 5.92 Å². The lowest BCUT2D eigenvalue weighted by atomic mass is 9.81. The summed E-state index contributed by atoms with van der Waals surface area (Å²) in [5, 5.41) is 8.39. The molecule has 0 saturated carbocycles. The lowest BCUT2D eigenvalue weighted by Gasteiger charge is -2.30. The highest BCUT2D eigenvalue weighted by Gasteiger charge is 2.47. The summed E-state index contributed by atoms with van der Waals surface area (Å²) in [6, 6.07) is 17.9. The van der Waals surface area contributed by atoms with E-state index in [1.54, 1.807) is 0 Å². The molecule has 3 aliphatic heterocycles. The lowest BCUT2D eigenvalue weighted by molar-refractivity contribution is -0.425. The highest BCUT2D eigenvalue weighted by Crippen LogP contribution is 2.52. The van der Waals surface area contributed by atoms with Gasteiger partial charge in [0.2, 0.25) is 5.71 Å². The molecular formula is C25H19N2S+. The molecule has 1 aromatic heterocycles. The molecule has 0 amide bonds. The topological polar surface area (TPSA) is 7.94 Å². The van der Waals surface area contributed by atoms with Crippen LogP contribution in [0.3, 0.4) is 0 Å². The van der Waals surface area contributed by atoms with Crippen LogP contribution in [0.5, 0.6) is 0 Å². The number of rotatable bonds is 0. The minimum Gasteiger partial charge on any atom is -0.311 e. The first-order valence-corrected chi connectivity index (χ1v) is 10.8. The van der Waals surface area contributed by atoms with Crippen LogP contribution < -0.4 is 0 Å². The van der Waals surface area contributed by atoms with E-state index in [1.165, 1.54) is 55.1 Å². The van der Waals surface area contributed by atoms with Crippen molar-refractivity contribution in [2.75, 3.05) is 7.05 Å². The van der Waals surface area contributed by atoms with Crippen LogP contribution in [0.1, 0.15) is 11.1 Å². The zero-order valence-corrected chi connectivity index (χ0v) is 16.6. The van der Waals surface area contributed by atoms with E-state index in [0.29, 0.717) is 11.2 Å². The van der Waals surface area contributed by atoms with Crippen LogP contribution in [-0.2, 0) is 0 Å². The minimum absolute atomic E-state index is 0.423. The van der Waals surface area contributed by atoms with E-state index in [-0.39, 0.29) is 0 Å². The molecular weight excluding hydrogens is 360 g/mol. The van der Waals surface area contributed by atoms with Gasteiger partial charge in [-0.25, -0.2) is 4.58 Å². The number of benzene rings is 3. The van der Waals surface area contributed by atoms with Gasteiger partial charge in [-0.05, 0) is 40.8 Å². The molecule has 2 unspecified atom stereocenters. The van der Waals surface area contributed by atoms with Gasteiger partial charge in [-0.3, -0.25) is 0 Å². The smallest absolute Gasteiger partial charge is 0.201 e. The predicted molar refractivity (Wildman–Crippen MR) is 120 cm³/mol. The molecule has 2 nitrogen and oxygen atoms in total. The third kappa shape index (κ3) is 1.58. The van der Waals surface area contributed by atoms with E-state index in [0.717, 1.165) is 0 Å². The molecule has 7 rings (SSSR count). The number of para-hydroxylation sites is 1. The molecule has 134 valence electrons. The molecule has 28 heavy (non-hydrogen) atoms. The summed E-state index contributed by atoms with van der Waals surface area (Å²) in [6.45, 7) is 2.31. The molecule has 0 spiro atoms. The molecule has 3 heteroatoms. The van der Waals surface area contributed by atoms with Crippen molar-refractivity contribution in [3.05, 3.63) is 77.3 Å². The number of fused-ring (bicyclic) bond motifs is 7. The van der Waals surface area contributed by atoms with E-state index in [9.17, 15) is 0 Å². The summed E-state index contributed by atoms with van der Waals surface area (Å²) in [5.74, 6) is 0.423. The Bertz CT molecular complexity index is 1460. The average molecular weight is 380 g/mol. The summed E-state index contributed by atoms with van der Waals surface area (Å²) in [6.07, 6.45) is 4.63. The Morgan fingerprint density at radius 3 is 2.57 bits per heavy atom. The van der Waals surface area contributed by atoms with Gasteiger partial charge in [-0.2, -0.15) is 0 Å². The minimum atomic E-state index is 0.423. The van der Waals surface area contributed by atoms with E-state index >= 15 is 0 Å². The number of nitrogens with zero attached hydrogens (tertiary/aromatic N) is 2. The molecule has 0 saturated heterocycles. The first kappa shape index (κ1) is 15.2. The van der Waals surface area contributed by atoms with E-state index in [2.05, 4.69) is 89.3 Å². The fraction of sp³-hybridized carbons (Fsp3) is 0.160. The first-order chi connectivity index (χ1) is 13.8. The Hall–Kier alpha value is -2.78. The number of hydrogen-bond acceptors (Lipinski definition) is 1. The standard InChI is InChI=1S/C25H19N2S/c1-14-15-7-3-4-8-16(15)22-17-9-5-6-10-18(17)27-19-13-28-20-11-12-26(2)24(23(19)20)21(14)25(22)27/h3-13,20,23H,1-2H3/q+1. The zero-order chi connectivity index (χ0) is 18.6. The van der Waals surface area contributed by atoms with Crippen molar-refractivity contribution in [2.45, 2.75) is 12.2 Å². The SMILES string of the molecule is Cc1c2c3c(c4ccccc14)c1ccccc1n3C1=CSC3C=C[N+](C)=C2C13. The van der Waals surface area contributed by atoms with E-state index in [4.69, 9.17) is 0 Å². The lowest BCUT2D eigenvalue weighted by Crippen LogP contribution is -2.37. The Labute approximate surface area is 167 Å². The van der Waals surface area contributed by atoms with E-state index < -0.39 is 0 Å². The molecule has 0 bridgehead atoms. The second kappa shape index (κ2) is 4.98. The van der Waals surface area contributed by atoms with Crippen LogP contribution >= 0.6 is 11.8 Å². The summed E-state index contributed by atoms with van der Waals surface area (Å²) >= 11 is 1.96. The van der Waals surface area contributed by atoms with Crippen molar-refractivity contribution in [3.63, 3.8) is 0 Å². The Kier molecular flexibility index (Phi) is 2.70. The molecule has 3 aromatic carbocycles. The van der Waals surface area contributed by atoms with Crippen molar-refractivity contribution >= 4 is 55.7 Å². The molecule has 0 fully saturated rings. The van der Waals surface area contributed by atoms with Gasteiger partial charge in [0, 0.05) is 16.5 Å². The molecule has 3 aliphatic rings. The Balaban J connectivity index is 1.86. The predicted octanol–water partition coefficient (Wildman–Crippen LogP) is 5.76. The van der Waals surface area contributed by atoms with Crippen LogP contribution in [0.15, 0.2) is 66.2 Å². The van der Waals surface area contributed by atoms with Gasteiger partial charge in [0.05, 0.1) is 21.8 Å². The van der Waals surface area contributed by atoms with Gasteiger partial charge in [0.25, 0.3) is 0 Å². The number of allylic oxidation sites excluding steroid dienone is 1. The fourth-order valence-corrected chi connectivity index (χ4v) is 6.76. The third-order valence-electron chi connectivity index (χ3n) is 6.77. The number of aryl methyl sites for hydroxylation is 1. The third-order valence-corrected chi connectivity index (χ3v) is 7.89. The molecule has 0 radical (unpaired) electrons. The summed E-state index contributed by atoms with van der Waals surface area (Å²) in [7, 11) is 2.21. The number of aromatic nitrogens is 1. The average Bonchev–Trinajstić information content (AvgIpc) is 3.29. The molecule has 0 aliphatic carbocycles. The second-order valence-corrected chi connectivity index (χ2v) is 9.13. The van der Waals surface area contributed by atoms with Gasteiger partial charge in [-0.15, -0.1) is 11.8 Å². The van der Waals surface area contributed by atoms with Crippen LogP contribution in [0.2, 0.25) is 0 Å². The van der Waals surface area contributed by atoms with Gasteiger partial charge < -0.3 is 4.57 Å². The molecule has 0 N–H and O–H groups in total. The maximum absolute atomic E-state index is 2.56. The quantitative estimate of drug-likeness (QED) is 0.353. The largest absolute Gasteiger partial charge is 0.311 e. The highest BCUT2D eigenvalue weighted by atomic mass is 32.2. The van der Waals surface area contributed by atoms with Crippen molar-refractivity contribution in [3.8, 4) is 0 Å². The van der Waals surface area contributed by atoms with Gasteiger partial charge >= 0.3 is 0 Å². The zero-order valence-electron chi connectivity index (χ0n) is 15.8. The molecule has 4 aromatic rings. The molecule has 2 atom stereocenters. The van der Waals surface area contributed by atoms with Crippen LogP contribution in [-0.4, -0.2) is 27.2 Å². The summed E-state index contributed by atoms with van der Waals surface area (Å²) in [4.78, 5) is 0. The Morgan fingerprint density at radius 1 is 0.964 bits per heavy atom. The van der Waals surface area contributed by atoms with Gasteiger partial charge in [0.1, 0.15) is 13.0 Å². The molecule has 4 heterocycles. The normalized spacial score (nSPS) is 22.4. The van der Waals surface area contributed by atoms with Gasteiger partial charge in [0.15, 0.2) is 6.20 Å². The summed E-state index contributed by atoms with van der Waals surface area (Å²) < 4.78 is 4.92. The van der Waals surface area contributed by atoms with Crippen LogP contribution in [0.25, 0.3) is 38.3 Å². The summed E-state index contributed by atoms with van der Waals surface area (Å²) in [5.41, 5.74) is 8.46. The highest BCUT2D eigenvalue weighted by molar-refractivity contribution is 8.03. The van der Waals surface area contributed by atoms with Gasteiger partial charge in [-0.1, -0.05) is 42.5 Å². The van der Waals surface area contributed by atoms with Crippen molar-refractivity contribution < 1.29 is 4.58 Å². The van der Waals surface area contributed by atoms with Crippen LogP contribution in [0, 0.1) is 12.8 Å².